The fraction of sp³-hybridized carbons (Fsp3) is 0.636. The third-order valence-electron chi connectivity index (χ3n) is 2.85. The van der Waals surface area contributed by atoms with Gasteiger partial charge in [0.25, 0.3) is 5.91 Å². The molecule has 0 unspecified atom stereocenters. The zero-order valence-electron chi connectivity index (χ0n) is 9.91. The molecule has 0 aliphatic carbocycles. The lowest BCUT2D eigenvalue weighted by atomic mass is 9.97. The van der Waals surface area contributed by atoms with E-state index in [1.54, 1.807) is 6.92 Å². The van der Waals surface area contributed by atoms with Gasteiger partial charge in [-0.15, -0.1) is 0 Å². The molecule has 1 rings (SSSR count). The molecule has 16 heavy (non-hydrogen) atoms. The first kappa shape index (κ1) is 12.7. The second-order valence-electron chi connectivity index (χ2n) is 3.95. The summed E-state index contributed by atoms with van der Waals surface area (Å²) >= 11 is 0. The molecule has 2 N–H and O–H groups in total. The van der Waals surface area contributed by atoms with Gasteiger partial charge >= 0.3 is 0 Å². The highest BCUT2D eigenvalue weighted by Crippen LogP contribution is 2.13. The van der Waals surface area contributed by atoms with E-state index in [-0.39, 0.29) is 18.2 Å². The summed E-state index contributed by atoms with van der Waals surface area (Å²) in [5.41, 5.74) is -0.155. The van der Waals surface area contributed by atoms with Gasteiger partial charge in [0, 0.05) is 12.1 Å². The number of carbonyl (C=O) groups excluding carboxylic acids is 1. The van der Waals surface area contributed by atoms with E-state index in [0.717, 1.165) is 0 Å². The Labute approximate surface area is 94.8 Å². The number of hydrogen-bond acceptors (Lipinski definition) is 4. The van der Waals surface area contributed by atoms with Crippen LogP contribution in [-0.2, 0) is 0 Å². The number of nitrogens with one attached hydrogen (secondary N) is 1. The summed E-state index contributed by atoms with van der Waals surface area (Å²) in [6.45, 7) is 5.74. The first-order valence-electron chi connectivity index (χ1n) is 5.44. The molecule has 0 saturated heterocycles. The van der Waals surface area contributed by atoms with Gasteiger partial charge in [-0.2, -0.15) is 0 Å². The number of aryl methyl sites for hydroxylation is 1. The monoisotopic (exact) mass is 226 g/mol. The number of hydrogen-bond donors (Lipinski definition) is 2. The van der Waals surface area contributed by atoms with Crippen molar-refractivity contribution in [2.75, 3.05) is 6.54 Å². The number of aromatic nitrogens is 1. The van der Waals surface area contributed by atoms with E-state index >= 15 is 0 Å². The third-order valence-corrected chi connectivity index (χ3v) is 2.85. The number of nitrogens with zero attached hydrogens (tertiary/aromatic N) is 1. The highest BCUT2D eigenvalue weighted by atomic mass is 16.5. The van der Waals surface area contributed by atoms with Gasteiger partial charge in [-0.05, 0) is 19.8 Å². The maximum atomic E-state index is 11.6. The molecule has 1 heterocycles. The molecule has 0 aromatic carbocycles. The Morgan fingerprint density at radius 3 is 2.62 bits per heavy atom. The van der Waals surface area contributed by atoms with E-state index in [9.17, 15) is 9.90 Å². The summed E-state index contributed by atoms with van der Waals surface area (Å²) in [4.78, 5) is 11.6. The Bertz CT molecular complexity index is 356. The topological polar surface area (TPSA) is 75.4 Å². The third kappa shape index (κ3) is 2.82. The normalized spacial score (nSPS) is 11.5. The molecular formula is C11H18N2O3. The van der Waals surface area contributed by atoms with E-state index in [2.05, 4.69) is 10.5 Å². The van der Waals surface area contributed by atoms with Crippen molar-refractivity contribution in [2.45, 2.75) is 39.2 Å². The van der Waals surface area contributed by atoms with Crippen LogP contribution >= 0.6 is 0 Å². The lowest BCUT2D eigenvalue weighted by molar-refractivity contribution is 0.0308. The van der Waals surface area contributed by atoms with E-state index < -0.39 is 5.60 Å². The molecular weight excluding hydrogens is 208 g/mol. The molecule has 0 radical (unpaired) electrons. The van der Waals surface area contributed by atoms with Crippen LogP contribution < -0.4 is 5.32 Å². The van der Waals surface area contributed by atoms with Crippen LogP contribution in [0, 0.1) is 6.92 Å². The van der Waals surface area contributed by atoms with Crippen LogP contribution in [0.3, 0.4) is 0 Å². The van der Waals surface area contributed by atoms with E-state index in [1.165, 1.54) is 6.20 Å². The van der Waals surface area contributed by atoms with Gasteiger partial charge in [-0.3, -0.25) is 4.79 Å². The Morgan fingerprint density at radius 2 is 2.19 bits per heavy atom. The first-order valence-corrected chi connectivity index (χ1v) is 5.44. The van der Waals surface area contributed by atoms with Crippen molar-refractivity contribution < 1.29 is 14.4 Å². The average molecular weight is 226 g/mol. The molecule has 0 aliphatic heterocycles. The molecule has 0 aliphatic rings. The molecule has 5 nitrogen and oxygen atoms in total. The largest absolute Gasteiger partial charge is 0.388 e. The summed E-state index contributed by atoms with van der Waals surface area (Å²) in [5, 5.41) is 16.2. The summed E-state index contributed by atoms with van der Waals surface area (Å²) in [5.74, 6) is -0.134. The van der Waals surface area contributed by atoms with Gasteiger partial charge in [-0.25, -0.2) is 0 Å². The fourth-order valence-electron chi connectivity index (χ4n) is 1.33. The first-order chi connectivity index (χ1) is 7.52. The molecule has 0 atom stereocenters. The second-order valence-corrected chi connectivity index (χ2v) is 3.95. The van der Waals surface area contributed by atoms with Crippen molar-refractivity contribution in [3.8, 4) is 0 Å². The van der Waals surface area contributed by atoms with Crippen LogP contribution in [0.4, 0.5) is 0 Å². The van der Waals surface area contributed by atoms with E-state index in [1.807, 2.05) is 13.8 Å². The molecule has 0 saturated carbocycles. The van der Waals surface area contributed by atoms with E-state index in [0.29, 0.717) is 18.4 Å². The summed E-state index contributed by atoms with van der Waals surface area (Å²) in [6, 6.07) is 0. The van der Waals surface area contributed by atoms with Crippen molar-refractivity contribution in [3.05, 3.63) is 17.5 Å². The molecule has 5 heteroatoms. The number of carbonyl (C=O) groups is 1. The van der Waals surface area contributed by atoms with Crippen LogP contribution in [0.15, 0.2) is 10.7 Å². The molecule has 0 spiro atoms. The minimum absolute atomic E-state index is 0.203. The van der Waals surface area contributed by atoms with Crippen molar-refractivity contribution in [2.24, 2.45) is 0 Å². The maximum absolute atomic E-state index is 11.6. The van der Waals surface area contributed by atoms with Crippen molar-refractivity contribution in [1.29, 1.82) is 0 Å². The lowest BCUT2D eigenvalue weighted by Gasteiger charge is -2.24. The fourth-order valence-corrected chi connectivity index (χ4v) is 1.33. The standard InChI is InChI=1S/C11H18N2O3/c1-4-11(15,5-2)7-12-10(14)9-8(3)6-13-16-9/h6,15H,4-5,7H2,1-3H3,(H,12,14). The van der Waals surface area contributed by atoms with Gasteiger partial charge in [0.1, 0.15) is 0 Å². The Morgan fingerprint density at radius 1 is 1.56 bits per heavy atom. The van der Waals surface area contributed by atoms with Crippen molar-refractivity contribution in [1.82, 2.24) is 10.5 Å². The van der Waals surface area contributed by atoms with Crippen molar-refractivity contribution in [3.63, 3.8) is 0 Å². The van der Waals surface area contributed by atoms with Crippen LogP contribution in [-0.4, -0.2) is 28.3 Å². The van der Waals surface area contributed by atoms with Crippen molar-refractivity contribution >= 4 is 5.91 Å². The zero-order chi connectivity index (χ0) is 12.2. The highest BCUT2D eigenvalue weighted by molar-refractivity contribution is 5.92. The SMILES string of the molecule is CCC(O)(CC)CNC(=O)c1oncc1C. The Kier molecular flexibility index (Phi) is 4.06. The highest BCUT2D eigenvalue weighted by Gasteiger charge is 2.24. The second kappa shape index (κ2) is 5.12. The molecule has 0 bridgehead atoms. The maximum Gasteiger partial charge on any atom is 0.290 e. The predicted molar refractivity (Wildman–Crippen MR) is 59.1 cm³/mol. The summed E-state index contributed by atoms with van der Waals surface area (Å²) in [6.07, 6.45) is 2.68. The van der Waals surface area contributed by atoms with Crippen LogP contribution in [0.5, 0.6) is 0 Å². The Hall–Kier alpha value is -1.36. The predicted octanol–water partition coefficient (Wildman–Crippen LogP) is 1.26. The van der Waals surface area contributed by atoms with Crippen LogP contribution in [0.25, 0.3) is 0 Å². The molecule has 1 aromatic heterocycles. The molecule has 90 valence electrons. The van der Waals surface area contributed by atoms with Crippen LogP contribution in [0.1, 0.15) is 42.8 Å². The van der Waals surface area contributed by atoms with Gasteiger partial charge in [0.15, 0.2) is 0 Å². The summed E-state index contributed by atoms with van der Waals surface area (Å²) in [7, 11) is 0. The van der Waals surface area contributed by atoms with E-state index in [4.69, 9.17) is 4.52 Å². The quantitative estimate of drug-likeness (QED) is 0.792. The minimum atomic E-state index is -0.844. The van der Waals surface area contributed by atoms with Gasteiger partial charge in [-0.1, -0.05) is 19.0 Å². The average Bonchev–Trinajstić information content (AvgIpc) is 2.72. The zero-order valence-corrected chi connectivity index (χ0v) is 9.91. The van der Waals surface area contributed by atoms with Gasteiger partial charge in [0.05, 0.1) is 11.8 Å². The lowest BCUT2D eigenvalue weighted by Crippen LogP contribution is -2.42. The smallest absolute Gasteiger partial charge is 0.290 e. The van der Waals surface area contributed by atoms with Gasteiger partial charge < -0.3 is 14.9 Å². The Balaban J connectivity index is 2.57. The number of aliphatic hydroxyl groups is 1. The number of amides is 1. The van der Waals surface area contributed by atoms with Crippen LogP contribution in [0.2, 0.25) is 0 Å². The molecule has 1 aromatic rings. The van der Waals surface area contributed by atoms with Gasteiger partial charge in [0.2, 0.25) is 5.76 Å². The summed E-state index contributed by atoms with van der Waals surface area (Å²) < 4.78 is 4.81. The molecule has 1 amide bonds. The number of rotatable bonds is 5. The molecule has 0 fully saturated rings. The minimum Gasteiger partial charge on any atom is -0.388 e.